The Labute approximate surface area is 82.1 Å². The van der Waals surface area contributed by atoms with Crippen molar-refractivity contribution in [2.45, 2.75) is 32.9 Å². The molecule has 0 bridgehead atoms. The highest BCUT2D eigenvalue weighted by Crippen LogP contribution is 2.18. The molecule has 0 aliphatic heterocycles. The number of alkyl halides is 3. The van der Waals surface area contributed by atoms with Gasteiger partial charge in [-0.15, -0.1) is 0 Å². The lowest BCUT2D eigenvalue weighted by molar-refractivity contribution is -0.171. The predicted molar refractivity (Wildman–Crippen MR) is 48.1 cm³/mol. The molecule has 2 nitrogen and oxygen atoms in total. The SMILES string of the molecule is CCN(CC)CCCC(=O)C(F)(F)F. The van der Waals surface area contributed by atoms with Gasteiger partial charge in [-0.1, -0.05) is 13.8 Å². The van der Waals surface area contributed by atoms with Gasteiger partial charge in [0.2, 0.25) is 5.78 Å². The van der Waals surface area contributed by atoms with Crippen LogP contribution in [0.3, 0.4) is 0 Å². The maximum absolute atomic E-state index is 11.8. The summed E-state index contributed by atoms with van der Waals surface area (Å²) in [7, 11) is 0. The third-order valence-corrected chi connectivity index (χ3v) is 2.09. The fraction of sp³-hybridized carbons (Fsp3) is 0.889. The quantitative estimate of drug-likeness (QED) is 0.671. The van der Waals surface area contributed by atoms with Gasteiger partial charge in [0.25, 0.3) is 0 Å². The summed E-state index contributed by atoms with van der Waals surface area (Å²) in [6.45, 7) is 6.03. The number of hydrogen-bond donors (Lipinski definition) is 0. The van der Waals surface area contributed by atoms with E-state index in [-0.39, 0.29) is 6.42 Å². The van der Waals surface area contributed by atoms with Crippen LogP contribution in [0.2, 0.25) is 0 Å². The van der Waals surface area contributed by atoms with Crippen molar-refractivity contribution in [1.82, 2.24) is 4.90 Å². The molecule has 0 amide bonds. The van der Waals surface area contributed by atoms with E-state index in [0.717, 1.165) is 13.1 Å². The molecule has 0 unspecified atom stereocenters. The van der Waals surface area contributed by atoms with E-state index < -0.39 is 18.4 Å². The maximum atomic E-state index is 11.8. The summed E-state index contributed by atoms with van der Waals surface area (Å²) in [5.41, 5.74) is 0. The normalized spacial score (nSPS) is 12.1. The van der Waals surface area contributed by atoms with Crippen molar-refractivity contribution in [3.63, 3.8) is 0 Å². The molecule has 0 aliphatic carbocycles. The van der Waals surface area contributed by atoms with Crippen LogP contribution in [0.5, 0.6) is 0 Å². The third kappa shape index (κ3) is 5.21. The summed E-state index contributed by atoms with van der Waals surface area (Å²) in [6.07, 6.45) is -4.79. The van der Waals surface area contributed by atoms with E-state index in [2.05, 4.69) is 0 Å². The van der Waals surface area contributed by atoms with Gasteiger partial charge in [0, 0.05) is 6.42 Å². The Hall–Kier alpha value is -0.580. The lowest BCUT2D eigenvalue weighted by Crippen LogP contribution is -2.27. The zero-order valence-corrected chi connectivity index (χ0v) is 8.52. The third-order valence-electron chi connectivity index (χ3n) is 2.09. The average molecular weight is 211 g/mol. The second kappa shape index (κ2) is 6.01. The number of rotatable bonds is 6. The molecule has 0 aromatic heterocycles. The average Bonchev–Trinajstić information content (AvgIpc) is 2.10. The zero-order chi connectivity index (χ0) is 11.2. The molecular weight excluding hydrogens is 195 g/mol. The van der Waals surface area contributed by atoms with Crippen LogP contribution < -0.4 is 0 Å². The highest BCUT2D eigenvalue weighted by Gasteiger charge is 2.37. The van der Waals surface area contributed by atoms with Crippen molar-refractivity contribution in [2.24, 2.45) is 0 Å². The first-order valence-electron chi connectivity index (χ1n) is 4.74. The van der Waals surface area contributed by atoms with Crippen LogP contribution >= 0.6 is 0 Å². The summed E-state index contributed by atoms with van der Waals surface area (Å²) in [6, 6.07) is 0. The minimum atomic E-state index is -4.66. The van der Waals surface area contributed by atoms with Crippen molar-refractivity contribution in [2.75, 3.05) is 19.6 Å². The summed E-state index contributed by atoms with van der Waals surface area (Å²) in [4.78, 5) is 12.5. The Morgan fingerprint density at radius 1 is 1.21 bits per heavy atom. The minimum absolute atomic E-state index is 0.278. The molecule has 0 fully saturated rings. The van der Waals surface area contributed by atoms with Crippen molar-refractivity contribution in [1.29, 1.82) is 0 Å². The van der Waals surface area contributed by atoms with E-state index >= 15 is 0 Å². The maximum Gasteiger partial charge on any atom is 0.449 e. The molecule has 5 heteroatoms. The smallest absolute Gasteiger partial charge is 0.304 e. The Bertz CT molecular complexity index is 175. The van der Waals surface area contributed by atoms with Crippen molar-refractivity contribution in [3.05, 3.63) is 0 Å². The summed E-state index contributed by atoms with van der Waals surface area (Å²) >= 11 is 0. The van der Waals surface area contributed by atoms with Crippen molar-refractivity contribution >= 4 is 5.78 Å². The van der Waals surface area contributed by atoms with Crippen molar-refractivity contribution in [3.8, 4) is 0 Å². The predicted octanol–water partition coefficient (Wildman–Crippen LogP) is 2.24. The first-order chi connectivity index (χ1) is 6.41. The Kier molecular flexibility index (Phi) is 5.76. The molecule has 0 atom stereocenters. The zero-order valence-electron chi connectivity index (χ0n) is 8.52. The van der Waals surface area contributed by atoms with Gasteiger partial charge in [-0.25, -0.2) is 0 Å². The topological polar surface area (TPSA) is 20.3 Å². The number of nitrogens with zero attached hydrogens (tertiary/aromatic N) is 1. The molecule has 0 aromatic rings. The van der Waals surface area contributed by atoms with Gasteiger partial charge in [-0.2, -0.15) is 13.2 Å². The first kappa shape index (κ1) is 13.4. The number of carbonyl (C=O) groups is 1. The fourth-order valence-electron chi connectivity index (χ4n) is 1.14. The minimum Gasteiger partial charge on any atom is -0.304 e. The molecule has 0 radical (unpaired) electrons. The lowest BCUT2D eigenvalue weighted by atomic mass is 10.2. The van der Waals surface area contributed by atoms with Gasteiger partial charge < -0.3 is 4.90 Å². The molecule has 0 spiro atoms. The summed E-state index contributed by atoms with van der Waals surface area (Å²) in [5, 5.41) is 0. The van der Waals surface area contributed by atoms with E-state index in [9.17, 15) is 18.0 Å². The Morgan fingerprint density at radius 3 is 2.07 bits per heavy atom. The number of halogens is 3. The van der Waals surface area contributed by atoms with Crippen LogP contribution in [0.4, 0.5) is 13.2 Å². The molecule has 0 saturated heterocycles. The number of carbonyl (C=O) groups excluding carboxylic acids is 1. The number of Topliss-reactive ketones (excluding diaryl/α,β-unsaturated/α-hetero) is 1. The molecular formula is C9H16F3NO. The van der Waals surface area contributed by atoms with Crippen LogP contribution in [0.1, 0.15) is 26.7 Å². The van der Waals surface area contributed by atoms with Crippen LogP contribution in [-0.2, 0) is 4.79 Å². The largest absolute Gasteiger partial charge is 0.449 e. The number of hydrogen-bond acceptors (Lipinski definition) is 2. The van der Waals surface area contributed by atoms with Gasteiger partial charge in [0.1, 0.15) is 0 Å². The van der Waals surface area contributed by atoms with E-state index in [1.54, 1.807) is 0 Å². The molecule has 0 saturated carbocycles. The monoisotopic (exact) mass is 211 g/mol. The Morgan fingerprint density at radius 2 is 1.71 bits per heavy atom. The molecule has 0 rings (SSSR count). The van der Waals surface area contributed by atoms with Gasteiger partial charge >= 0.3 is 6.18 Å². The molecule has 14 heavy (non-hydrogen) atoms. The Balaban J connectivity index is 3.69. The lowest BCUT2D eigenvalue weighted by Gasteiger charge is -2.17. The van der Waals surface area contributed by atoms with E-state index in [1.807, 2.05) is 18.7 Å². The highest BCUT2D eigenvalue weighted by atomic mass is 19.4. The molecule has 0 aromatic carbocycles. The second-order valence-electron chi connectivity index (χ2n) is 3.05. The molecule has 0 heterocycles. The van der Waals surface area contributed by atoms with Gasteiger partial charge in [0.05, 0.1) is 0 Å². The van der Waals surface area contributed by atoms with E-state index in [1.165, 1.54) is 0 Å². The summed E-state index contributed by atoms with van der Waals surface area (Å²) < 4.78 is 35.3. The molecule has 84 valence electrons. The van der Waals surface area contributed by atoms with Crippen LogP contribution in [0, 0.1) is 0 Å². The van der Waals surface area contributed by atoms with Gasteiger partial charge in [-0.3, -0.25) is 4.79 Å². The number of ketones is 1. The van der Waals surface area contributed by atoms with Gasteiger partial charge in [-0.05, 0) is 26.1 Å². The molecule has 0 aliphatic rings. The first-order valence-corrected chi connectivity index (χ1v) is 4.74. The van der Waals surface area contributed by atoms with Gasteiger partial charge in [0.15, 0.2) is 0 Å². The van der Waals surface area contributed by atoms with Crippen LogP contribution in [0.15, 0.2) is 0 Å². The van der Waals surface area contributed by atoms with Crippen LogP contribution in [-0.4, -0.2) is 36.5 Å². The van der Waals surface area contributed by atoms with E-state index in [0.29, 0.717) is 6.54 Å². The van der Waals surface area contributed by atoms with E-state index in [4.69, 9.17) is 0 Å². The fourth-order valence-corrected chi connectivity index (χ4v) is 1.14. The van der Waals surface area contributed by atoms with Crippen molar-refractivity contribution < 1.29 is 18.0 Å². The second-order valence-corrected chi connectivity index (χ2v) is 3.05. The highest BCUT2D eigenvalue weighted by molar-refractivity contribution is 5.83. The van der Waals surface area contributed by atoms with Crippen LogP contribution in [0.25, 0.3) is 0 Å². The molecule has 0 N–H and O–H groups in total. The standard InChI is InChI=1S/C9H16F3NO/c1-3-13(4-2)7-5-6-8(14)9(10,11)12/h3-7H2,1-2H3. The summed E-state index contributed by atoms with van der Waals surface area (Å²) in [5.74, 6) is -1.62.